The van der Waals surface area contributed by atoms with Gasteiger partial charge in [0.05, 0.1) is 18.6 Å². The number of ether oxygens (including phenoxy) is 2. The van der Waals surface area contributed by atoms with Gasteiger partial charge in [0.1, 0.15) is 12.4 Å². The zero-order valence-corrected chi connectivity index (χ0v) is 24.3. The Kier molecular flexibility index (Phi) is 10.8. The molecule has 0 N–H and O–H groups in total. The number of likely N-dealkylation sites (N-methyl/N-ethyl adjacent to an activating group) is 3. The number of carbonyl (C=O) groups excluding carboxylic acids is 1. The van der Waals surface area contributed by atoms with Gasteiger partial charge in [-0.05, 0) is 89.3 Å². The van der Waals surface area contributed by atoms with Crippen molar-refractivity contribution in [2.75, 3.05) is 74.2 Å². The fourth-order valence-electron chi connectivity index (χ4n) is 5.61. The summed E-state index contributed by atoms with van der Waals surface area (Å²) in [5.74, 6) is 0.582. The van der Waals surface area contributed by atoms with Crippen LogP contribution in [-0.2, 0) is 19.6 Å². The second-order valence-corrected chi connectivity index (χ2v) is 12.6. The summed E-state index contributed by atoms with van der Waals surface area (Å²) in [4.78, 5) is 19.9. The Balaban J connectivity index is 1.42. The lowest BCUT2D eigenvalue weighted by molar-refractivity contribution is -0.137. The predicted molar refractivity (Wildman–Crippen MR) is 146 cm³/mol. The molecule has 9 nitrogen and oxygen atoms in total. The van der Waals surface area contributed by atoms with Crippen LogP contribution in [0.5, 0.6) is 5.75 Å². The molecule has 2 aliphatic rings. The first-order valence-corrected chi connectivity index (χ1v) is 14.9. The van der Waals surface area contributed by atoms with Crippen molar-refractivity contribution in [2.45, 2.75) is 62.9 Å². The van der Waals surface area contributed by atoms with Gasteiger partial charge >= 0.3 is 0 Å². The smallest absolute Gasteiger partial charge is 0.248 e. The second kappa shape index (κ2) is 13.4. The van der Waals surface area contributed by atoms with Gasteiger partial charge in [0.25, 0.3) is 0 Å². The molecule has 1 aliphatic heterocycles. The topological polar surface area (TPSA) is 82.6 Å². The first-order valence-electron chi connectivity index (χ1n) is 13.4. The summed E-state index contributed by atoms with van der Waals surface area (Å²) >= 11 is 0. The molecule has 1 saturated carbocycles. The van der Waals surface area contributed by atoms with E-state index < -0.39 is 10.0 Å². The Morgan fingerprint density at radius 2 is 1.68 bits per heavy atom. The maximum absolute atomic E-state index is 13.1. The minimum Gasteiger partial charge on any atom is -0.497 e. The number of carbonyl (C=O) groups is 1. The quantitative estimate of drug-likeness (QED) is 0.423. The van der Waals surface area contributed by atoms with Crippen molar-refractivity contribution in [3.8, 4) is 5.75 Å². The van der Waals surface area contributed by atoms with Crippen LogP contribution in [-0.4, -0.2) is 120 Å². The molecule has 0 atom stereocenters. The maximum Gasteiger partial charge on any atom is 0.248 e. The minimum absolute atomic E-state index is 0.0383. The van der Waals surface area contributed by atoms with Gasteiger partial charge in [0.2, 0.25) is 15.9 Å². The van der Waals surface area contributed by atoms with E-state index in [0.717, 1.165) is 38.8 Å². The number of sulfonamides is 1. The molecule has 37 heavy (non-hydrogen) atoms. The van der Waals surface area contributed by atoms with E-state index >= 15 is 0 Å². The number of methoxy groups -OCH3 is 1. The molecular weight excluding hydrogens is 492 g/mol. The van der Waals surface area contributed by atoms with Crippen LogP contribution in [0.1, 0.15) is 43.2 Å². The Morgan fingerprint density at radius 3 is 2.30 bits per heavy atom. The van der Waals surface area contributed by atoms with Gasteiger partial charge in [0, 0.05) is 45.8 Å². The van der Waals surface area contributed by atoms with Gasteiger partial charge in [-0.15, -0.1) is 0 Å². The van der Waals surface area contributed by atoms with Gasteiger partial charge in [-0.1, -0.05) is 0 Å². The molecule has 2 fully saturated rings. The summed E-state index contributed by atoms with van der Waals surface area (Å²) in [5, 5.41) is 0. The summed E-state index contributed by atoms with van der Waals surface area (Å²) < 4.78 is 38.4. The maximum atomic E-state index is 13.1. The fraction of sp³-hybridized carbons (Fsp3) is 0.741. The molecule has 0 radical (unpaired) electrons. The Hall–Kier alpha value is -1.72. The molecule has 210 valence electrons. The summed E-state index contributed by atoms with van der Waals surface area (Å²) in [7, 11) is 3.48. The lowest BCUT2D eigenvalue weighted by atomic mass is 9.89. The van der Waals surface area contributed by atoms with Crippen LogP contribution < -0.4 is 4.74 Å². The Labute approximate surface area is 223 Å². The highest BCUT2D eigenvalue weighted by molar-refractivity contribution is 7.89. The van der Waals surface area contributed by atoms with E-state index in [2.05, 4.69) is 16.8 Å². The summed E-state index contributed by atoms with van der Waals surface area (Å²) in [6, 6.07) is 4.31. The van der Waals surface area contributed by atoms with Crippen LogP contribution in [0.25, 0.3) is 0 Å². The molecule has 1 saturated heterocycles. The van der Waals surface area contributed by atoms with E-state index in [0.29, 0.717) is 22.9 Å². The second-order valence-electron chi connectivity index (χ2n) is 10.6. The lowest BCUT2D eigenvalue weighted by Crippen LogP contribution is -2.46. The van der Waals surface area contributed by atoms with Gasteiger partial charge in [-0.3, -0.25) is 9.69 Å². The average Bonchev–Trinajstić information content (AvgIpc) is 3.09. The molecule has 1 heterocycles. The number of hydrogen-bond acceptors (Lipinski definition) is 7. The highest BCUT2D eigenvalue weighted by atomic mass is 32.2. The van der Waals surface area contributed by atoms with Crippen LogP contribution >= 0.6 is 0 Å². The fourth-order valence-corrected chi connectivity index (χ4v) is 7.17. The molecule has 3 rings (SSSR count). The van der Waals surface area contributed by atoms with E-state index in [1.54, 1.807) is 33.1 Å². The average molecular weight is 539 g/mol. The van der Waals surface area contributed by atoms with Crippen LogP contribution in [0.15, 0.2) is 17.0 Å². The van der Waals surface area contributed by atoms with Crippen molar-refractivity contribution in [1.82, 2.24) is 19.0 Å². The molecule has 0 spiro atoms. The Morgan fingerprint density at radius 1 is 1.03 bits per heavy atom. The first kappa shape index (κ1) is 29.8. The molecule has 0 unspecified atom stereocenters. The number of hydrogen-bond donors (Lipinski definition) is 0. The lowest BCUT2D eigenvalue weighted by Gasteiger charge is -2.39. The van der Waals surface area contributed by atoms with Gasteiger partial charge < -0.3 is 19.3 Å². The van der Waals surface area contributed by atoms with Crippen molar-refractivity contribution in [3.63, 3.8) is 0 Å². The van der Waals surface area contributed by atoms with Crippen molar-refractivity contribution in [1.29, 1.82) is 0 Å². The first-order chi connectivity index (χ1) is 17.5. The van der Waals surface area contributed by atoms with Crippen LogP contribution in [0, 0.1) is 13.8 Å². The molecule has 1 aliphatic carbocycles. The van der Waals surface area contributed by atoms with Crippen molar-refractivity contribution in [3.05, 3.63) is 23.3 Å². The monoisotopic (exact) mass is 538 g/mol. The van der Waals surface area contributed by atoms with Gasteiger partial charge in [-0.2, -0.15) is 4.31 Å². The summed E-state index contributed by atoms with van der Waals surface area (Å²) in [6.07, 6.45) is 5.50. The molecule has 0 bridgehead atoms. The number of aryl methyl sites for hydroxylation is 2. The van der Waals surface area contributed by atoms with Crippen LogP contribution in [0.2, 0.25) is 0 Å². The molecule has 1 aromatic carbocycles. The Bertz CT molecular complexity index is 987. The zero-order valence-electron chi connectivity index (χ0n) is 23.5. The molecular formula is C27H46N4O5S. The van der Waals surface area contributed by atoms with E-state index in [4.69, 9.17) is 9.47 Å². The van der Waals surface area contributed by atoms with Crippen LogP contribution in [0.4, 0.5) is 0 Å². The third-order valence-electron chi connectivity index (χ3n) is 7.99. The number of nitrogens with zero attached hydrogens (tertiary/aromatic N) is 4. The minimum atomic E-state index is -3.68. The van der Waals surface area contributed by atoms with E-state index in [-0.39, 0.29) is 36.6 Å². The SMILES string of the molecule is COc1cc(C)c(S(=O)(=O)N(C)CCOCC(=O)N(C)[C@H]2CC[C@@H](N3CCCN(C)CC3)CC2)c(C)c1. The summed E-state index contributed by atoms with van der Waals surface area (Å²) in [6.45, 7) is 8.42. The van der Waals surface area contributed by atoms with Gasteiger partial charge in [-0.25, -0.2) is 8.42 Å². The normalized spacial score (nSPS) is 22.1. The van der Waals surface area contributed by atoms with E-state index in [1.807, 2.05) is 11.9 Å². The zero-order chi connectivity index (χ0) is 27.2. The standard InChI is InChI=1S/C27H46N4O5S/c1-21-18-25(35-6)19-22(2)27(21)37(33,34)29(4)16-17-36-20-26(32)30(5)23-8-10-24(11-9-23)31-13-7-12-28(3)14-15-31/h18-19,23-24H,7-17,20H2,1-6H3/t23-,24+. The third-order valence-corrected chi connectivity index (χ3v) is 10.2. The highest BCUT2D eigenvalue weighted by Crippen LogP contribution is 2.28. The highest BCUT2D eigenvalue weighted by Gasteiger charge is 2.30. The largest absolute Gasteiger partial charge is 0.497 e. The molecule has 1 amide bonds. The van der Waals surface area contributed by atoms with Crippen LogP contribution in [0.3, 0.4) is 0 Å². The molecule has 10 heteroatoms. The molecule has 1 aromatic rings. The number of benzene rings is 1. The van der Waals surface area contributed by atoms with Crippen molar-refractivity contribution in [2.24, 2.45) is 0 Å². The van der Waals surface area contributed by atoms with Gasteiger partial charge in [0.15, 0.2) is 0 Å². The van der Waals surface area contributed by atoms with E-state index in [1.165, 1.54) is 30.9 Å². The van der Waals surface area contributed by atoms with Crippen molar-refractivity contribution >= 4 is 15.9 Å². The summed E-state index contributed by atoms with van der Waals surface area (Å²) in [5.41, 5.74) is 1.28. The predicted octanol–water partition coefficient (Wildman–Crippen LogP) is 2.36. The number of rotatable bonds is 10. The van der Waals surface area contributed by atoms with E-state index in [9.17, 15) is 13.2 Å². The van der Waals surface area contributed by atoms with Crippen molar-refractivity contribution < 1.29 is 22.7 Å². The molecule has 0 aromatic heterocycles. The third kappa shape index (κ3) is 7.66. The number of amides is 1.